The highest BCUT2D eigenvalue weighted by Crippen LogP contribution is 2.35. The molecule has 1 saturated carbocycles. The number of ether oxygens (including phenoxy) is 2. The van der Waals surface area contributed by atoms with Crippen molar-refractivity contribution in [3.63, 3.8) is 0 Å². The fourth-order valence-electron chi connectivity index (χ4n) is 4.44. The second kappa shape index (κ2) is 9.92. The number of aromatic nitrogens is 3. The van der Waals surface area contributed by atoms with E-state index in [4.69, 9.17) is 14.5 Å². The van der Waals surface area contributed by atoms with E-state index in [1.165, 1.54) is 0 Å². The third kappa shape index (κ3) is 4.88. The van der Waals surface area contributed by atoms with Gasteiger partial charge in [-0.3, -0.25) is 4.98 Å². The molecule has 0 spiro atoms. The predicted octanol–water partition coefficient (Wildman–Crippen LogP) is 4.35. The van der Waals surface area contributed by atoms with Crippen LogP contribution in [0.1, 0.15) is 48.7 Å². The molecule has 0 N–H and O–H groups in total. The van der Waals surface area contributed by atoms with Gasteiger partial charge in [0.2, 0.25) is 0 Å². The maximum atomic E-state index is 12.9. The van der Waals surface area contributed by atoms with Gasteiger partial charge in [-0.2, -0.15) is 0 Å². The fraction of sp³-hybridized carbons (Fsp3) is 0.458. The second-order valence-electron chi connectivity index (χ2n) is 8.12. The summed E-state index contributed by atoms with van der Waals surface area (Å²) in [6, 6.07) is 9.93. The zero-order valence-corrected chi connectivity index (χ0v) is 18.2. The quantitative estimate of drug-likeness (QED) is 0.566. The van der Waals surface area contributed by atoms with Crippen LogP contribution in [-0.2, 0) is 16.1 Å². The van der Waals surface area contributed by atoms with E-state index >= 15 is 0 Å². The number of aryl methyl sites for hydroxylation is 1. The summed E-state index contributed by atoms with van der Waals surface area (Å²) in [4.78, 5) is 23.8. The van der Waals surface area contributed by atoms with Crippen LogP contribution in [-0.4, -0.2) is 51.7 Å². The van der Waals surface area contributed by atoms with Crippen molar-refractivity contribution in [2.24, 2.45) is 0 Å². The maximum Gasteiger partial charge on any atom is 0.410 e. The van der Waals surface area contributed by atoms with Crippen LogP contribution in [0.5, 0.6) is 0 Å². The summed E-state index contributed by atoms with van der Waals surface area (Å²) in [5.41, 5.74) is 3.04. The number of nitrogens with zero attached hydrogens (tertiary/aromatic N) is 4. The lowest BCUT2D eigenvalue weighted by molar-refractivity contribution is 0.0556. The molecule has 7 nitrogen and oxygen atoms in total. The van der Waals surface area contributed by atoms with E-state index in [-0.39, 0.29) is 18.7 Å². The summed E-state index contributed by atoms with van der Waals surface area (Å²) < 4.78 is 13.0. The molecule has 0 saturated heterocycles. The Labute approximate surface area is 183 Å². The van der Waals surface area contributed by atoms with Crippen LogP contribution >= 0.6 is 0 Å². The van der Waals surface area contributed by atoms with Crippen molar-refractivity contribution >= 4 is 11.6 Å². The Hall–Kier alpha value is -2.93. The number of fused-ring (bicyclic) bond motifs is 1. The first-order valence-corrected chi connectivity index (χ1v) is 10.9. The summed E-state index contributed by atoms with van der Waals surface area (Å²) in [6.07, 6.45) is 9.28. The largest absolute Gasteiger partial charge is 0.445 e. The Morgan fingerprint density at radius 1 is 1.16 bits per heavy atom. The van der Waals surface area contributed by atoms with E-state index in [9.17, 15) is 4.79 Å². The Morgan fingerprint density at radius 3 is 2.68 bits per heavy atom. The Kier molecular flexibility index (Phi) is 6.82. The number of carbonyl (C=O) groups excluding carboxylic acids is 1. The SMILES string of the molecule is COCCN(C(=O)OCc1ccccc1)[C@H]1CC[C@H](c2ncc3c(C)nccn32)CC1. The number of carbonyl (C=O) groups is 1. The van der Waals surface area contributed by atoms with Gasteiger partial charge < -0.3 is 18.8 Å². The normalized spacial score (nSPS) is 18.8. The highest BCUT2D eigenvalue weighted by atomic mass is 16.6. The zero-order valence-electron chi connectivity index (χ0n) is 18.2. The maximum absolute atomic E-state index is 12.9. The molecule has 4 rings (SSSR count). The molecule has 1 fully saturated rings. The molecule has 2 heterocycles. The average Bonchev–Trinajstić information content (AvgIpc) is 3.25. The molecule has 0 unspecified atom stereocenters. The third-order valence-corrected chi connectivity index (χ3v) is 6.16. The van der Waals surface area contributed by atoms with Crippen molar-refractivity contribution in [3.05, 3.63) is 66.0 Å². The first-order chi connectivity index (χ1) is 15.2. The van der Waals surface area contributed by atoms with E-state index < -0.39 is 0 Å². The minimum atomic E-state index is -0.266. The Morgan fingerprint density at radius 2 is 1.94 bits per heavy atom. The van der Waals surface area contributed by atoms with Crippen molar-refractivity contribution in [1.29, 1.82) is 0 Å². The molecule has 1 aliphatic carbocycles. The number of hydrogen-bond donors (Lipinski definition) is 0. The van der Waals surface area contributed by atoms with Crippen molar-refractivity contribution in [3.8, 4) is 0 Å². The van der Waals surface area contributed by atoms with Crippen molar-refractivity contribution < 1.29 is 14.3 Å². The van der Waals surface area contributed by atoms with Crippen molar-refractivity contribution in [2.75, 3.05) is 20.3 Å². The summed E-state index contributed by atoms with van der Waals surface area (Å²) in [5.74, 6) is 1.47. The highest BCUT2D eigenvalue weighted by molar-refractivity contribution is 5.68. The van der Waals surface area contributed by atoms with Crippen LogP contribution in [0.2, 0.25) is 0 Å². The number of imidazole rings is 1. The zero-order chi connectivity index (χ0) is 21.6. The predicted molar refractivity (Wildman–Crippen MR) is 118 cm³/mol. The van der Waals surface area contributed by atoms with Gasteiger partial charge in [0.1, 0.15) is 12.4 Å². The van der Waals surface area contributed by atoms with Crippen LogP contribution in [0.15, 0.2) is 48.9 Å². The molecule has 2 aromatic heterocycles. The summed E-state index contributed by atoms with van der Waals surface area (Å²) in [5, 5.41) is 0. The molecule has 0 atom stereocenters. The number of hydrogen-bond acceptors (Lipinski definition) is 5. The van der Waals surface area contributed by atoms with Gasteiger partial charge in [-0.1, -0.05) is 30.3 Å². The number of amides is 1. The van der Waals surface area contributed by atoms with Crippen LogP contribution in [0.4, 0.5) is 4.79 Å². The minimum Gasteiger partial charge on any atom is -0.445 e. The van der Waals surface area contributed by atoms with Crippen molar-refractivity contribution in [2.45, 2.75) is 51.2 Å². The molecule has 0 radical (unpaired) electrons. The number of rotatable bonds is 7. The topological polar surface area (TPSA) is 69.0 Å². The molecule has 7 heteroatoms. The highest BCUT2D eigenvalue weighted by Gasteiger charge is 2.31. The molecule has 1 amide bonds. The van der Waals surface area contributed by atoms with Gasteiger partial charge in [-0.05, 0) is 38.2 Å². The van der Waals surface area contributed by atoms with Crippen LogP contribution in [0, 0.1) is 6.92 Å². The van der Waals surface area contributed by atoms with E-state index in [1.807, 2.05) is 60.7 Å². The molecule has 164 valence electrons. The second-order valence-corrected chi connectivity index (χ2v) is 8.12. The van der Waals surface area contributed by atoms with Crippen LogP contribution in [0.3, 0.4) is 0 Å². The van der Waals surface area contributed by atoms with E-state index in [0.717, 1.165) is 48.3 Å². The molecule has 31 heavy (non-hydrogen) atoms. The lowest BCUT2D eigenvalue weighted by atomic mass is 9.85. The molecule has 1 aromatic carbocycles. The van der Waals surface area contributed by atoms with Crippen LogP contribution < -0.4 is 0 Å². The summed E-state index contributed by atoms with van der Waals surface area (Å²) in [7, 11) is 1.66. The Balaban J connectivity index is 1.40. The molecule has 0 aliphatic heterocycles. The first kappa shape index (κ1) is 21.3. The van der Waals surface area contributed by atoms with Crippen molar-refractivity contribution in [1.82, 2.24) is 19.3 Å². The fourth-order valence-corrected chi connectivity index (χ4v) is 4.44. The van der Waals surface area contributed by atoms with Gasteiger partial charge in [-0.25, -0.2) is 9.78 Å². The van der Waals surface area contributed by atoms with Gasteiger partial charge in [0.25, 0.3) is 0 Å². The lowest BCUT2D eigenvalue weighted by Crippen LogP contribution is -2.44. The van der Waals surface area contributed by atoms with Gasteiger partial charge in [-0.15, -0.1) is 0 Å². The first-order valence-electron chi connectivity index (χ1n) is 10.9. The van der Waals surface area contributed by atoms with Crippen LogP contribution in [0.25, 0.3) is 5.52 Å². The van der Waals surface area contributed by atoms with Gasteiger partial charge in [0, 0.05) is 38.0 Å². The van der Waals surface area contributed by atoms with E-state index in [0.29, 0.717) is 19.1 Å². The monoisotopic (exact) mass is 422 g/mol. The third-order valence-electron chi connectivity index (χ3n) is 6.16. The van der Waals surface area contributed by atoms with Gasteiger partial charge in [0.15, 0.2) is 0 Å². The molecule has 3 aromatic rings. The Bertz CT molecular complexity index is 996. The van der Waals surface area contributed by atoms with Gasteiger partial charge >= 0.3 is 6.09 Å². The minimum absolute atomic E-state index is 0.157. The standard InChI is InChI=1S/C24H30N4O3/c1-18-22-16-26-23(28(22)13-12-25-18)20-8-10-21(11-9-20)27(14-15-30-2)24(29)31-17-19-6-4-3-5-7-19/h3-7,12-13,16,20-21H,8-11,14-15,17H2,1-2H3/t20-,21-. The smallest absolute Gasteiger partial charge is 0.410 e. The summed E-state index contributed by atoms with van der Waals surface area (Å²) in [6.45, 7) is 3.33. The average molecular weight is 423 g/mol. The molecular weight excluding hydrogens is 392 g/mol. The number of benzene rings is 1. The molecular formula is C24H30N4O3. The summed E-state index contributed by atoms with van der Waals surface area (Å²) >= 11 is 0. The van der Waals surface area contributed by atoms with E-state index in [1.54, 1.807) is 7.11 Å². The molecule has 0 bridgehead atoms. The number of methoxy groups -OCH3 is 1. The molecule has 1 aliphatic rings. The van der Waals surface area contributed by atoms with Gasteiger partial charge in [0.05, 0.1) is 24.0 Å². The lowest BCUT2D eigenvalue weighted by Gasteiger charge is -2.36. The van der Waals surface area contributed by atoms with E-state index in [2.05, 4.69) is 9.38 Å².